The van der Waals surface area contributed by atoms with Crippen molar-refractivity contribution >= 4 is 0 Å². The van der Waals surface area contributed by atoms with Crippen LogP contribution in [0.3, 0.4) is 0 Å². The minimum atomic E-state index is -0.187. The fourth-order valence-electron chi connectivity index (χ4n) is 2.05. The number of likely N-dealkylation sites (N-methyl/N-ethyl adjacent to an activating group) is 1. The van der Waals surface area contributed by atoms with E-state index in [2.05, 4.69) is 11.4 Å². The lowest BCUT2D eigenvalue weighted by molar-refractivity contribution is 0.167. The van der Waals surface area contributed by atoms with E-state index in [-0.39, 0.29) is 11.9 Å². The third-order valence-electron chi connectivity index (χ3n) is 2.87. The summed E-state index contributed by atoms with van der Waals surface area (Å²) in [5.74, 6) is 0.664. The quantitative estimate of drug-likeness (QED) is 0.865. The maximum atomic E-state index is 13.8. The molecule has 0 fully saturated rings. The fraction of sp³-hybridized carbons (Fsp3) is 0.429. The molecule has 1 heterocycles. The molecule has 0 amide bonds. The van der Waals surface area contributed by atoms with Gasteiger partial charge in [0.1, 0.15) is 11.6 Å². The molecular weight excluding hydrogens is 217 g/mol. The first kappa shape index (κ1) is 12.1. The van der Waals surface area contributed by atoms with E-state index in [9.17, 15) is 4.39 Å². The Bertz CT molecular complexity index is 403. The van der Waals surface area contributed by atoms with E-state index in [1.54, 1.807) is 6.07 Å². The number of halogens is 1. The first-order valence-electron chi connectivity index (χ1n) is 6.13. The molecule has 92 valence electrons. The second-order valence-electron chi connectivity index (χ2n) is 4.11. The highest BCUT2D eigenvalue weighted by Gasteiger charge is 2.21. The van der Waals surface area contributed by atoms with Crippen molar-refractivity contribution in [3.05, 3.63) is 47.5 Å². The zero-order valence-corrected chi connectivity index (χ0v) is 10.1. The van der Waals surface area contributed by atoms with Gasteiger partial charge in [0, 0.05) is 5.56 Å². The van der Waals surface area contributed by atoms with E-state index in [1.165, 1.54) is 6.07 Å². The minimum Gasteiger partial charge on any atom is -0.496 e. The van der Waals surface area contributed by atoms with Gasteiger partial charge in [-0.15, -0.1) is 0 Å². The van der Waals surface area contributed by atoms with Gasteiger partial charge in [-0.1, -0.05) is 25.1 Å². The van der Waals surface area contributed by atoms with Crippen LogP contribution >= 0.6 is 0 Å². The van der Waals surface area contributed by atoms with Gasteiger partial charge in [-0.2, -0.15) is 0 Å². The maximum absolute atomic E-state index is 13.8. The third-order valence-corrected chi connectivity index (χ3v) is 2.87. The molecule has 0 bridgehead atoms. The Balaban J connectivity index is 2.28. The topological polar surface area (TPSA) is 21.3 Å². The van der Waals surface area contributed by atoms with Crippen LogP contribution in [0.25, 0.3) is 0 Å². The summed E-state index contributed by atoms with van der Waals surface area (Å²) >= 11 is 0. The molecule has 1 aliphatic heterocycles. The predicted octanol–water partition coefficient (Wildman–Crippen LogP) is 3.17. The average molecular weight is 235 g/mol. The minimum absolute atomic E-state index is 0.165. The van der Waals surface area contributed by atoms with Crippen LogP contribution in [0.5, 0.6) is 0 Å². The van der Waals surface area contributed by atoms with Crippen molar-refractivity contribution in [3.8, 4) is 0 Å². The highest BCUT2D eigenvalue weighted by atomic mass is 19.1. The third kappa shape index (κ3) is 2.86. The van der Waals surface area contributed by atoms with Crippen LogP contribution < -0.4 is 5.32 Å². The summed E-state index contributed by atoms with van der Waals surface area (Å²) in [6, 6.07) is 6.69. The van der Waals surface area contributed by atoms with Crippen LogP contribution in [0.15, 0.2) is 36.1 Å². The van der Waals surface area contributed by atoms with E-state index in [4.69, 9.17) is 4.74 Å². The molecule has 0 aromatic heterocycles. The van der Waals surface area contributed by atoms with Gasteiger partial charge in [0.15, 0.2) is 0 Å². The zero-order valence-electron chi connectivity index (χ0n) is 10.1. The van der Waals surface area contributed by atoms with Crippen LogP contribution in [-0.2, 0) is 4.74 Å². The van der Waals surface area contributed by atoms with Gasteiger partial charge in [0.05, 0.1) is 12.6 Å². The summed E-state index contributed by atoms with van der Waals surface area (Å²) < 4.78 is 19.4. The van der Waals surface area contributed by atoms with Gasteiger partial charge in [0.25, 0.3) is 0 Å². The van der Waals surface area contributed by atoms with Crippen molar-refractivity contribution in [3.63, 3.8) is 0 Å². The van der Waals surface area contributed by atoms with Crippen LogP contribution in [-0.4, -0.2) is 13.2 Å². The molecule has 2 nitrogen and oxygen atoms in total. The molecule has 1 unspecified atom stereocenters. The number of nitrogens with one attached hydrogen (secondary N) is 1. The smallest absolute Gasteiger partial charge is 0.128 e. The molecule has 2 rings (SSSR count). The highest BCUT2D eigenvalue weighted by molar-refractivity contribution is 5.27. The van der Waals surface area contributed by atoms with Crippen molar-refractivity contribution in [1.82, 2.24) is 5.32 Å². The molecule has 17 heavy (non-hydrogen) atoms. The Hall–Kier alpha value is -1.35. The van der Waals surface area contributed by atoms with Crippen LogP contribution in [0, 0.1) is 5.82 Å². The molecule has 1 aliphatic rings. The molecule has 1 aromatic carbocycles. The van der Waals surface area contributed by atoms with Crippen molar-refractivity contribution in [1.29, 1.82) is 0 Å². The number of allylic oxidation sites excluding steroid dienone is 1. The molecule has 1 aromatic rings. The van der Waals surface area contributed by atoms with Crippen molar-refractivity contribution in [2.24, 2.45) is 0 Å². The highest BCUT2D eigenvalue weighted by Crippen LogP contribution is 2.27. The molecule has 0 saturated heterocycles. The standard InChI is InChI=1S/C14H18FNO/c1-2-16-14(13-9-5-6-10-17-13)11-7-3-4-8-12(11)15/h3-4,7-9,14,16H,2,5-6,10H2,1H3. The molecule has 1 atom stereocenters. The molecule has 0 spiro atoms. The lowest BCUT2D eigenvalue weighted by Gasteiger charge is -2.25. The van der Waals surface area contributed by atoms with Gasteiger partial charge < -0.3 is 10.1 Å². The molecule has 0 aliphatic carbocycles. The molecule has 3 heteroatoms. The van der Waals surface area contributed by atoms with Crippen molar-refractivity contribution in [2.75, 3.05) is 13.2 Å². The summed E-state index contributed by atoms with van der Waals surface area (Å²) in [6.07, 6.45) is 4.11. The SMILES string of the molecule is CCNC(C1=CCCCO1)c1ccccc1F. The van der Waals surface area contributed by atoms with Crippen LogP contribution in [0.4, 0.5) is 4.39 Å². The van der Waals surface area contributed by atoms with Gasteiger partial charge in [0.2, 0.25) is 0 Å². The van der Waals surface area contributed by atoms with E-state index < -0.39 is 0 Å². The van der Waals surface area contributed by atoms with E-state index in [0.29, 0.717) is 5.56 Å². The molecular formula is C14H18FNO. The van der Waals surface area contributed by atoms with Gasteiger partial charge in [-0.05, 0) is 31.5 Å². The first-order chi connectivity index (χ1) is 8.33. The molecule has 0 saturated carbocycles. The number of benzene rings is 1. The van der Waals surface area contributed by atoms with Crippen LogP contribution in [0.2, 0.25) is 0 Å². The number of rotatable bonds is 4. The lowest BCUT2D eigenvalue weighted by atomic mass is 10.0. The zero-order chi connectivity index (χ0) is 12.1. The normalized spacial score (nSPS) is 17.2. The Morgan fingerprint density at radius 3 is 2.88 bits per heavy atom. The van der Waals surface area contributed by atoms with Crippen molar-refractivity contribution < 1.29 is 9.13 Å². The molecule has 1 N–H and O–H groups in total. The van der Waals surface area contributed by atoms with Gasteiger partial charge in [-0.25, -0.2) is 4.39 Å². The number of hydrogen-bond donors (Lipinski definition) is 1. The fourth-order valence-corrected chi connectivity index (χ4v) is 2.05. The van der Waals surface area contributed by atoms with Gasteiger partial charge >= 0.3 is 0 Å². The first-order valence-corrected chi connectivity index (χ1v) is 6.13. The van der Waals surface area contributed by atoms with E-state index >= 15 is 0 Å². The van der Waals surface area contributed by atoms with Gasteiger partial charge in [-0.3, -0.25) is 0 Å². The Labute approximate surface area is 101 Å². The second-order valence-corrected chi connectivity index (χ2v) is 4.11. The number of hydrogen-bond acceptors (Lipinski definition) is 2. The summed E-state index contributed by atoms with van der Waals surface area (Å²) in [7, 11) is 0. The van der Waals surface area contributed by atoms with E-state index in [0.717, 1.165) is 31.8 Å². The maximum Gasteiger partial charge on any atom is 0.128 e. The van der Waals surface area contributed by atoms with E-state index in [1.807, 2.05) is 19.1 Å². The van der Waals surface area contributed by atoms with Crippen LogP contribution in [0.1, 0.15) is 31.4 Å². The Morgan fingerprint density at radius 1 is 1.41 bits per heavy atom. The van der Waals surface area contributed by atoms with Crippen molar-refractivity contribution in [2.45, 2.75) is 25.8 Å². The monoisotopic (exact) mass is 235 g/mol. The Kier molecular flexibility index (Phi) is 4.15. The predicted molar refractivity (Wildman–Crippen MR) is 66.1 cm³/mol. The largest absolute Gasteiger partial charge is 0.496 e. The Morgan fingerprint density at radius 2 is 2.24 bits per heavy atom. The summed E-state index contributed by atoms with van der Waals surface area (Å²) in [6.45, 7) is 3.51. The summed E-state index contributed by atoms with van der Waals surface area (Å²) in [5, 5.41) is 3.28. The average Bonchev–Trinajstić information content (AvgIpc) is 2.38. The summed E-state index contributed by atoms with van der Waals surface area (Å²) in [4.78, 5) is 0. The number of ether oxygens (including phenoxy) is 1. The second kappa shape index (κ2) is 5.82. The molecule has 0 radical (unpaired) electrons. The summed E-state index contributed by atoms with van der Waals surface area (Å²) in [5.41, 5.74) is 0.655. The lowest BCUT2D eigenvalue weighted by Crippen LogP contribution is -2.26.